The van der Waals surface area contributed by atoms with Gasteiger partial charge in [0, 0.05) is 4.47 Å². The Morgan fingerprint density at radius 1 is 0.947 bits per heavy atom. The molecule has 0 nitrogen and oxygen atoms in total. The molecule has 0 saturated heterocycles. The summed E-state index contributed by atoms with van der Waals surface area (Å²) in [5.74, 6) is -0.177. The molecule has 0 bridgehead atoms. The summed E-state index contributed by atoms with van der Waals surface area (Å²) in [7, 11) is 0. The topological polar surface area (TPSA) is 0 Å². The second kappa shape index (κ2) is 5.76. The van der Waals surface area contributed by atoms with E-state index in [2.05, 4.69) is 57.0 Å². The van der Waals surface area contributed by atoms with E-state index in [4.69, 9.17) is 0 Å². The molecule has 2 aromatic carbocycles. The van der Waals surface area contributed by atoms with Crippen molar-refractivity contribution in [3.8, 4) is 0 Å². The lowest BCUT2D eigenvalue weighted by atomic mass is 9.95. The number of rotatable bonds is 2. The van der Waals surface area contributed by atoms with Crippen LogP contribution in [0.2, 0.25) is 0 Å². The third kappa shape index (κ3) is 3.26. The zero-order chi connectivity index (χ0) is 14.2. The number of hydrogen-bond donors (Lipinski definition) is 0. The van der Waals surface area contributed by atoms with Crippen molar-refractivity contribution in [1.82, 2.24) is 0 Å². The van der Waals surface area contributed by atoms with Crippen molar-refractivity contribution in [2.24, 2.45) is 0 Å². The van der Waals surface area contributed by atoms with E-state index in [0.717, 1.165) is 21.2 Å². The number of hydrogen-bond acceptors (Lipinski definition) is 0. The molecule has 1 atom stereocenters. The van der Waals surface area contributed by atoms with Crippen molar-refractivity contribution >= 4 is 31.9 Å². The maximum Gasteiger partial charge on any atom is 0.123 e. The predicted octanol–water partition coefficient (Wildman–Crippen LogP) is 6.00. The van der Waals surface area contributed by atoms with Crippen LogP contribution in [0.3, 0.4) is 0 Å². The van der Waals surface area contributed by atoms with Crippen LogP contribution in [0.15, 0.2) is 34.8 Å². The van der Waals surface area contributed by atoms with Crippen LogP contribution in [0, 0.1) is 26.6 Å². The summed E-state index contributed by atoms with van der Waals surface area (Å²) in [5.41, 5.74) is 5.45. The number of halogens is 3. The van der Waals surface area contributed by atoms with Gasteiger partial charge in [0.2, 0.25) is 0 Å². The van der Waals surface area contributed by atoms with E-state index in [0.29, 0.717) is 0 Å². The van der Waals surface area contributed by atoms with Crippen LogP contribution >= 0.6 is 31.9 Å². The summed E-state index contributed by atoms with van der Waals surface area (Å²) < 4.78 is 14.4. The van der Waals surface area contributed by atoms with Crippen LogP contribution in [-0.2, 0) is 0 Å². The van der Waals surface area contributed by atoms with Crippen LogP contribution in [-0.4, -0.2) is 0 Å². The fraction of sp³-hybridized carbons (Fsp3) is 0.250. The highest BCUT2D eigenvalue weighted by molar-refractivity contribution is 9.10. The smallest absolute Gasteiger partial charge is 0.123 e. The lowest BCUT2D eigenvalue weighted by Gasteiger charge is -2.17. The van der Waals surface area contributed by atoms with Crippen LogP contribution in [0.25, 0.3) is 0 Å². The highest BCUT2D eigenvalue weighted by atomic mass is 79.9. The summed E-state index contributed by atoms with van der Waals surface area (Å²) in [6, 6.07) is 9.48. The highest BCUT2D eigenvalue weighted by Gasteiger charge is 2.17. The van der Waals surface area contributed by atoms with E-state index in [9.17, 15) is 4.39 Å². The van der Waals surface area contributed by atoms with Crippen molar-refractivity contribution in [1.29, 1.82) is 0 Å². The predicted molar refractivity (Wildman–Crippen MR) is 85.5 cm³/mol. The van der Waals surface area contributed by atoms with Gasteiger partial charge in [0.1, 0.15) is 5.82 Å². The molecule has 0 spiro atoms. The van der Waals surface area contributed by atoms with Crippen molar-refractivity contribution < 1.29 is 4.39 Å². The monoisotopic (exact) mass is 384 g/mol. The maximum atomic E-state index is 13.4. The van der Waals surface area contributed by atoms with Gasteiger partial charge in [0.05, 0.1) is 4.83 Å². The first-order chi connectivity index (χ1) is 8.88. The van der Waals surface area contributed by atoms with Crippen LogP contribution in [0.1, 0.15) is 32.6 Å². The van der Waals surface area contributed by atoms with Gasteiger partial charge in [-0.1, -0.05) is 37.9 Å². The Balaban J connectivity index is 2.52. The molecule has 0 amide bonds. The summed E-state index contributed by atoms with van der Waals surface area (Å²) in [5, 5.41) is 0. The third-order valence-corrected chi connectivity index (χ3v) is 4.61. The Bertz CT molecular complexity index is 577. The molecule has 0 fully saturated rings. The minimum atomic E-state index is -0.177. The molecule has 19 heavy (non-hydrogen) atoms. The molecule has 100 valence electrons. The first-order valence-electron chi connectivity index (χ1n) is 6.06. The summed E-state index contributed by atoms with van der Waals surface area (Å²) >= 11 is 7.27. The van der Waals surface area contributed by atoms with E-state index in [-0.39, 0.29) is 10.6 Å². The van der Waals surface area contributed by atoms with Crippen LogP contribution < -0.4 is 0 Å². The Hall–Kier alpha value is -0.670. The lowest BCUT2D eigenvalue weighted by Crippen LogP contribution is -2.01. The SMILES string of the molecule is Cc1cc(Br)cc(C(Br)c2c(C)cc(F)cc2C)c1. The van der Waals surface area contributed by atoms with E-state index in [1.807, 2.05) is 13.8 Å². The summed E-state index contributed by atoms with van der Waals surface area (Å²) in [6.45, 7) is 5.97. The van der Waals surface area contributed by atoms with Crippen LogP contribution in [0.5, 0.6) is 0 Å². The van der Waals surface area contributed by atoms with Crippen molar-refractivity contribution in [3.05, 3.63) is 68.4 Å². The molecule has 0 aliphatic carbocycles. The third-order valence-electron chi connectivity index (χ3n) is 3.17. The molecule has 3 heteroatoms. The molecule has 0 aliphatic heterocycles. The fourth-order valence-electron chi connectivity index (χ4n) is 2.40. The van der Waals surface area contributed by atoms with Gasteiger partial charge in [0.25, 0.3) is 0 Å². The van der Waals surface area contributed by atoms with Crippen molar-refractivity contribution in [2.75, 3.05) is 0 Å². The molecule has 1 unspecified atom stereocenters. The Labute approximate surface area is 130 Å². The van der Waals surface area contributed by atoms with Gasteiger partial charge in [-0.25, -0.2) is 4.39 Å². The molecule has 2 aromatic rings. The zero-order valence-electron chi connectivity index (χ0n) is 11.1. The first kappa shape index (κ1) is 14.7. The van der Waals surface area contributed by atoms with Gasteiger partial charge in [-0.15, -0.1) is 0 Å². The van der Waals surface area contributed by atoms with Gasteiger partial charge in [-0.05, 0) is 72.9 Å². The van der Waals surface area contributed by atoms with E-state index in [1.54, 1.807) is 12.1 Å². The summed E-state index contributed by atoms with van der Waals surface area (Å²) in [4.78, 5) is 0.0734. The van der Waals surface area contributed by atoms with Crippen LogP contribution in [0.4, 0.5) is 4.39 Å². The average molecular weight is 386 g/mol. The van der Waals surface area contributed by atoms with E-state index < -0.39 is 0 Å². The fourth-order valence-corrected chi connectivity index (χ4v) is 4.01. The van der Waals surface area contributed by atoms with Gasteiger partial charge in [-0.2, -0.15) is 0 Å². The van der Waals surface area contributed by atoms with Gasteiger partial charge in [-0.3, -0.25) is 0 Å². The second-order valence-electron chi connectivity index (χ2n) is 4.88. The van der Waals surface area contributed by atoms with E-state index >= 15 is 0 Å². The van der Waals surface area contributed by atoms with Gasteiger partial charge < -0.3 is 0 Å². The minimum Gasteiger partial charge on any atom is -0.207 e. The number of alkyl halides is 1. The molecular weight excluding hydrogens is 371 g/mol. The van der Waals surface area contributed by atoms with Gasteiger partial charge >= 0.3 is 0 Å². The second-order valence-corrected chi connectivity index (χ2v) is 6.71. The molecule has 0 aromatic heterocycles. The van der Waals surface area contributed by atoms with Crippen molar-refractivity contribution in [3.63, 3.8) is 0 Å². The highest BCUT2D eigenvalue weighted by Crippen LogP contribution is 2.36. The molecule has 0 heterocycles. The Kier molecular flexibility index (Phi) is 4.46. The molecule has 0 radical (unpaired) electrons. The summed E-state index contributed by atoms with van der Waals surface area (Å²) in [6.07, 6.45) is 0. The largest absolute Gasteiger partial charge is 0.207 e. The van der Waals surface area contributed by atoms with Crippen molar-refractivity contribution in [2.45, 2.75) is 25.6 Å². The molecular formula is C16H15Br2F. The molecule has 0 aliphatic rings. The zero-order valence-corrected chi connectivity index (χ0v) is 14.3. The minimum absolute atomic E-state index is 0.0734. The molecule has 0 N–H and O–H groups in total. The lowest BCUT2D eigenvalue weighted by molar-refractivity contribution is 0.624. The quantitative estimate of drug-likeness (QED) is 0.556. The number of benzene rings is 2. The van der Waals surface area contributed by atoms with Gasteiger partial charge in [0.15, 0.2) is 0 Å². The van der Waals surface area contributed by atoms with E-state index in [1.165, 1.54) is 11.1 Å². The average Bonchev–Trinajstić information content (AvgIpc) is 2.25. The number of aryl methyl sites for hydroxylation is 3. The normalized spacial score (nSPS) is 12.5. The molecule has 2 rings (SSSR count). The first-order valence-corrected chi connectivity index (χ1v) is 7.77. The molecule has 0 saturated carbocycles. The standard InChI is InChI=1S/C16H15Br2F/c1-9-4-12(8-13(17)5-9)16(18)15-10(2)6-14(19)7-11(15)3/h4-8,16H,1-3H3. The Morgan fingerprint density at radius 2 is 1.53 bits per heavy atom. The Morgan fingerprint density at radius 3 is 2.05 bits per heavy atom. The maximum absolute atomic E-state index is 13.4.